The summed E-state index contributed by atoms with van der Waals surface area (Å²) in [5.74, 6) is -0.215. The molecule has 1 heterocycles. The Morgan fingerprint density at radius 1 is 1.24 bits per heavy atom. The maximum absolute atomic E-state index is 12.9. The van der Waals surface area contributed by atoms with Gasteiger partial charge in [0.25, 0.3) is 0 Å². The van der Waals surface area contributed by atoms with Crippen molar-refractivity contribution < 1.29 is 4.39 Å². The van der Waals surface area contributed by atoms with E-state index in [1.807, 2.05) is 0 Å². The smallest absolute Gasteiger partial charge is 0.123 e. The van der Waals surface area contributed by atoms with Gasteiger partial charge in [0.1, 0.15) is 5.82 Å². The number of hydrogen-bond donors (Lipinski definition) is 1. The van der Waals surface area contributed by atoms with Gasteiger partial charge in [0.2, 0.25) is 0 Å². The van der Waals surface area contributed by atoms with Crippen LogP contribution in [0.25, 0.3) is 0 Å². The molecular weight excluding hydrogens is 283 g/mol. The molecule has 2 nitrogen and oxygen atoms in total. The molecule has 114 valence electrons. The van der Waals surface area contributed by atoms with E-state index in [0.29, 0.717) is 6.04 Å². The van der Waals surface area contributed by atoms with Gasteiger partial charge in [-0.3, -0.25) is 0 Å². The van der Waals surface area contributed by atoms with Gasteiger partial charge in [-0.2, -0.15) is 0 Å². The highest BCUT2D eigenvalue weighted by molar-refractivity contribution is 7.09. The Labute approximate surface area is 130 Å². The van der Waals surface area contributed by atoms with Gasteiger partial charge in [0.05, 0.1) is 0 Å². The second-order valence-electron chi connectivity index (χ2n) is 5.56. The Balaban J connectivity index is 1.79. The average Bonchev–Trinajstić information content (AvgIpc) is 2.98. The van der Waals surface area contributed by atoms with Crippen LogP contribution in [0, 0.1) is 5.82 Å². The molecule has 0 bridgehead atoms. The normalized spacial score (nSPS) is 14.3. The lowest BCUT2D eigenvalue weighted by atomic mass is 10.0. The Morgan fingerprint density at radius 2 is 1.95 bits per heavy atom. The number of nitrogens with zero attached hydrogens (tertiary/aromatic N) is 1. The molecule has 0 fully saturated rings. The van der Waals surface area contributed by atoms with Crippen LogP contribution in [-0.4, -0.2) is 24.5 Å². The zero-order chi connectivity index (χ0) is 15.2. The summed E-state index contributed by atoms with van der Waals surface area (Å²) in [6.07, 6.45) is 1.94. The van der Waals surface area contributed by atoms with E-state index in [4.69, 9.17) is 5.73 Å². The van der Waals surface area contributed by atoms with E-state index in [1.165, 1.54) is 17.0 Å². The van der Waals surface area contributed by atoms with Crippen LogP contribution in [0.15, 0.2) is 41.8 Å². The van der Waals surface area contributed by atoms with Crippen molar-refractivity contribution in [3.8, 4) is 0 Å². The fraction of sp³-hybridized carbons (Fsp3) is 0.412. The van der Waals surface area contributed by atoms with Crippen molar-refractivity contribution in [3.05, 3.63) is 58.0 Å². The number of nitrogens with two attached hydrogens (primary N) is 1. The number of thiophene rings is 1. The molecule has 1 aromatic heterocycles. The summed E-state index contributed by atoms with van der Waals surface area (Å²) in [4.78, 5) is 3.75. The maximum atomic E-state index is 12.9. The third-order valence-corrected chi connectivity index (χ3v) is 4.82. The van der Waals surface area contributed by atoms with Gasteiger partial charge in [-0.15, -0.1) is 11.3 Å². The van der Waals surface area contributed by atoms with E-state index in [-0.39, 0.29) is 11.9 Å². The van der Waals surface area contributed by atoms with Crippen LogP contribution >= 0.6 is 11.3 Å². The lowest BCUT2D eigenvalue weighted by Crippen LogP contribution is -2.33. The quantitative estimate of drug-likeness (QED) is 0.842. The van der Waals surface area contributed by atoms with Crippen LogP contribution in [0.3, 0.4) is 0 Å². The zero-order valence-electron chi connectivity index (χ0n) is 12.6. The molecular formula is C17H23FN2S. The van der Waals surface area contributed by atoms with Gasteiger partial charge in [-0.1, -0.05) is 18.2 Å². The van der Waals surface area contributed by atoms with E-state index < -0.39 is 0 Å². The molecule has 2 aromatic rings. The second kappa shape index (κ2) is 7.69. The fourth-order valence-electron chi connectivity index (χ4n) is 2.32. The van der Waals surface area contributed by atoms with Gasteiger partial charge >= 0.3 is 0 Å². The minimum atomic E-state index is -0.215. The number of halogens is 1. The molecule has 0 saturated heterocycles. The second-order valence-corrected chi connectivity index (χ2v) is 6.59. The summed E-state index contributed by atoms with van der Waals surface area (Å²) >= 11 is 1.80. The van der Waals surface area contributed by atoms with Crippen molar-refractivity contribution in [2.75, 3.05) is 13.6 Å². The van der Waals surface area contributed by atoms with Gasteiger partial charge in [-0.05, 0) is 62.5 Å². The fourth-order valence-corrected chi connectivity index (χ4v) is 3.14. The SMILES string of the molecule is CC(Cc1cccs1)N(C)CCC(N)c1ccc(F)cc1. The van der Waals surface area contributed by atoms with Crippen LogP contribution in [0.1, 0.15) is 29.8 Å². The maximum Gasteiger partial charge on any atom is 0.123 e. The monoisotopic (exact) mass is 306 g/mol. The first-order valence-corrected chi connectivity index (χ1v) is 8.18. The Kier molecular flexibility index (Phi) is 5.91. The number of likely N-dealkylation sites (N-methyl/N-ethyl adjacent to an activating group) is 1. The van der Waals surface area contributed by atoms with E-state index in [9.17, 15) is 4.39 Å². The molecule has 0 amide bonds. The first-order chi connectivity index (χ1) is 10.1. The molecule has 0 aliphatic carbocycles. The molecule has 2 atom stereocenters. The molecule has 0 spiro atoms. The topological polar surface area (TPSA) is 29.3 Å². The van der Waals surface area contributed by atoms with Crippen molar-refractivity contribution in [2.45, 2.75) is 31.8 Å². The highest BCUT2D eigenvalue weighted by Gasteiger charge is 2.13. The molecule has 21 heavy (non-hydrogen) atoms. The minimum absolute atomic E-state index is 0.0398. The summed E-state index contributed by atoms with van der Waals surface area (Å²) in [6.45, 7) is 3.17. The van der Waals surface area contributed by atoms with E-state index in [0.717, 1.165) is 24.9 Å². The molecule has 2 unspecified atom stereocenters. The summed E-state index contributed by atoms with van der Waals surface area (Å²) in [7, 11) is 2.13. The van der Waals surface area contributed by atoms with Gasteiger partial charge in [0.15, 0.2) is 0 Å². The van der Waals surface area contributed by atoms with Crippen molar-refractivity contribution in [2.24, 2.45) is 5.73 Å². The van der Waals surface area contributed by atoms with E-state index >= 15 is 0 Å². The Hall–Kier alpha value is -1.23. The number of benzene rings is 1. The molecule has 0 radical (unpaired) electrons. The predicted molar refractivity (Wildman–Crippen MR) is 88.1 cm³/mol. The van der Waals surface area contributed by atoms with Crippen LogP contribution < -0.4 is 5.73 Å². The largest absolute Gasteiger partial charge is 0.324 e. The molecule has 4 heteroatoms. The minimum Gasteiger partial charge on any atom is -0.324 e. The molecule has 0 saturated carbocycles. The van der Waals surface area contributed by atoms with E-state index in [1.54, 1.807) is 23.5 Å². The van der Waals surface area contributed by atoms with Crippen molar-refractivity contribution in [3.63, 3.8) is 0 Å². The first kappa shape index (κ1) is 16.1. The van der Waals surface area contributed by atoms with E-state index in [2.05, 4.69) is 36.4 Å². The van der Waals surface area contributed by atoms with Crippen LogP contribution in [-0.2, 0) is 6.42 Å². The zero-order valence-corrected chi connectivity index (χ0v) is 13.4. The Bertz CT molecular complexity index is 524. The van der Waals surface area contributed by atoms with Gasteiger partial charge in [-0.25, -0.2) is 4.39 Å². The molecule has 0 aliphatic heterocycles. The Morgan fingerprint density at radius 3 is 2.57 bits per heavy atom. The van der Waals surface area contributed by atoms with Crippen LogP contribution in [0.5, 0.6) is 0 Å². The lowest BCUT2D eigenvalue weighted by Gasteiger charge is -2.25. The summed E-state index contributed by atoms with van der Waals surface area (Å²) in [5.41, 5.74) is 7.18. The summed E-state index contributed by atoms with van der Waals surface area (Å²) in [6, 6.07) is 11.2. The average molecular weight is 306 g/mol. The first-order valence-electron chi connectivity index (χ1n) is 7.30. The molecule has 1 aromatic carbocycles. The highest BCUT2D eigenvalue weighted by atomic mass is 32.1. The number of rotatable bonds is 7. The van der Waals surface area contributed by atoms with Crippen molar-refractivity contribution in [1.82, 2.24) is 4.90 Å². The number of hydrogen-bond acceptors (Lipinski definition) is 3. The standard InChI is InChI=1S/C17H23FN2S/c1-13(12-16-4-3-11-21-16)20(2)10-9-17(19)14-5-7-15(18)8-6-14/h3-8,11,13,17H,9-10,12,19H2,1-2H3. The van der Waals surface area contributed by atoms with Gasteiger partial charge in [0, 0.05) is 17.0 Å². The molecule has 2 N–H and O–H groups in total. The molecule has 2 rings (SSSR count). The summed E-state index contributed by atoms with van der Waals surface area (Å²) < 4.78 is 12.9. The lowest BCUT2D eigenvalue weighted by molar-refractivity contribution is 0.248. The third kappa shape index (κ3) is 4.92. The van der Waals surface area contributed by atoms with Crippen LogP contribution in [0.4, 0.5) is 4.39 Å². The van der Waals surface area contributed by atoms with Gasteiger partial charge < -0.3 is 10.6 Å². The van der Waals surface area contributed by atoms with Crippen LogP contribution in [0.2, 0.25) is 0 Å². The summed E-state index contributed by atoms with van der Waals surface area (Å²) in [5, 5.41) is 2.12. The van der Waals surface area contributed by atoms with Crippen molar-refractivity contribution in [1.29, 1.82) is 0 Å². The predicted octanol–water partition coefficient (Wildman–Crippen LogP) is 3.84. The molecule has 0 aliphatic rings. The highest BCUT2D eigenvalue weighted by Crippen LogP contribution is 2.17. The van der Waals surface area contributed by atoms with Crippen molar-refractivity contribution >= 4 is 11.3 Å². The third-order valence-electron chi connectivity index (χ3n) is 3.92.